The van der Waals surface area contributed by atoms with Crippen LogP contribution in [0.5, 0.6) is 0 Å². The lowest BCUT2D eigenvalue weighted by Crippen LogP contribution is -2.38. The number of hydrogen-bond acceptors (Lipinski definition) is 4. The van der Waals surface area contributed by atoms with Crippen molar-refractivity contribution in [2.75, 3.05) is 20.2 Å². The number of benzene rings is 2. The lowest BCUT2D eigenvalue weighted by atomic mass is 9.98. The zero-order valence-corrected chi connectivity index (χ0v) is 17.8. The average Bonchev–Trinajstić information content (AvgIpc) is 3.08. The van der Waals surface area contributed by atoms with Crippen LogP contribution < -0.4 is 10.9 Å². The second-order valence-electron chi connectivity index (χ2n) is 6.96. The summed E-state index contributed by atoms with van der Waals surface area (Å²) < 4.78 is 5.41. The summed E-state index contributed by atoms with van der Waals surface area (Å²) in [6, 6.07) is 16.6. The van der Waals surface area contributed by atoms with Crippen molar-refractivity contribution < 1.29 is 9.53 Å². The highest BCUT2D eigenvalue weighted by Crippen LogP contribution is 2.44. The molecule has 1 aliphatic carbocycles. The highest BCUT2D eigenvalue weighted by atomic mass is 16.6. The number of unbranched alkanes of at least 4 members (excludes halogenated alkanes) is 2. The van der Waals surface area contributed by atoms with Crippen LogP contribution in [-0.4, -0.2) is 32.5 Å². The molecule has 1 aliphatic rings. The molecule has 2 aromatic rings. The van der Waals surface area contributed by atoms with Crippen LogP contribution in [0, 0.1) is 0 Å². The van der Waals surface area contributed by atoms with E-state index in [2.05, 4.69) is 54.0 Å². The van der Waals surface area contributed by atoms with Crippen LogP contribution in [0.15, 0.2) is 53.5 Å². The van der Waals surface area contributed by atoms with E-state index >= 15 is 0 Å². The molecule has 2 N–H and O–H groups in total. The summed E-state index contributed by atoms with van der Waals surface area (Å²) in [5, 5.41) is 0. The van der Waals surface area contributed by atoms with Gasteiger partial charge in [-0.25, -0.2) is 10.2 Å². The zero-order chi connectivity index (χ0) is 20.9. The maximum absolute atomic E-state index is 11.8. The fraction of sp³-hybridized carbons (Fsp3) is 0.440. The molecule has 2 aromatic carbocycles. The van der Waals surface area contributed by atoms with Gasteiger partial charge in [0.05, 0.1) is 0 Å². The Hall–Kier alpha value is -2.66. The number of aliphatic imine (C=N–C) groups is 1. The quantitative estimate of drug-likeness (QED) is 0.320. The van der Waals surface area contributed by atoms with Crippen molar-refractivity contribution in [2.24, 2.45) is 4.99 Å². The van der Waals surface area contributed by atoms with Gasteiger partial charge in [-0.2, -0.15) is 0 Å². The minimum absolute atomic E-state index is 0. The van der Waals surface area contributed by atoms with Gasteiger partial charge in [-0.3, -0.25) is 5.43 Å². The van der Waals surface area contributed by atoms with E-state index in [9.17, 15) is 4.79 Å². The van der Waals surface area contributed by atoms with Gasteiger partial charge in [-0.1, -0.05) is 82.6 Å². The summed E-state index contributed by atoms with van der Waals surface area (Å²) in [6.07, 6.45) is 5.93. The Bertz CT molecular complexity index is 744. The van der Waals surface area contributed by atoms with Crippen molar-refractivity contribution in [3.63, 3.8) is 0 Å². The van der Waals surface area contributed by atoms with E-state index in [1.165, 1.54) is 28.7 Å². The summed E-state index contributed by atoms with van der Waals surface area (Å²) in [5.74, 6) is 0.101. The molecular formula is C25H37N3O2. The maximum Gasteiger partial charge on any atom is 0.421 e. The minimum Gasteiger partial charge on any atom is -0.448 e. The Morgan fingerprint density at radius 2 is 1.63 bits per heavy atom. The molecule has 1 amide bonds. The molecule has 5 heteroatoms. The van der Waals surface area contributed by atoms with Gasteiger partial charge in [-0.05, 0) is 41.3 Å². The number of nitrogens with one attached hydrogen (secondary N) is 2. The zero-order valence-electron chi connectivity index (χ0n) is 17.8. The van der Waals surface area contributed by atoms with Crippen molar-refractivity contribution >= 4 is 12.3 Å². The number of carbonyl (C=O) groups is 1. The van der Waals surface area contributed by atoms with Crippen molar-refractivity contribution in [1.82, 2.24) is 10.9 Å². The fourth-order valence-corrected chi connectivity index (χ4v) is 3.29. The molecule has 0 spiro atoms. The Kier molecular flexibility index (Phi) is 12.1. The van der Waals surface area contributed by atoms with Crippen LogP contribution in [0.2, 0.25) is 0 Å². The molecule has 0 radical (unpaired) electrons. The molecule has 164 valence electrons. The lowest BCUT2D eigenvalue weighted by molar-refractivity contribution is 0.138. The van der Waals surface area contributed by atoms with E-state index in [1.54, 1.807) is 7.05 Å². The lowest BCUT2D eigenvalue weighted by Gasteiger charge is -2.14. The first-order chi connectivity index (χ1) is 14.2. The number of rotatable bonds is 8. The summed E-state index contributed by atoms with van der Waals surface area (Å²) in [5.41, 5.74) is 10.4. The molecule has 0 saturated heterocycles. The smallest absolute Gasteiger partial charge is 0.421 e. The molecule has 0 unspecified atom stereocenters. The second-order valence-corrected chi connectivity index (χ2v) is 6.96. The van der Waals surface area contributed by atoms with E-state index in [1.807, 2.05) is 30.5 Å². The average molecular weight is 412 g/mol. The molecule has 0 aliphatic heterocycles. The number of nitrogens with zero attached hydrogens (tertiary/aromatic N) is 1. The van der Waals surface area contributed by atoms with E-state index < -0.39 is 6.09 Å². The normalized spacial score (nSPS) is 11.7. The summed E-state index contributed by atoms with van der Waals surface area (Å²) in [4.78, 5) is 15.6. The minimum atomic E-state index is -0.428. The first-order valence-corrected chi connectivity index (χ1v) is 10.5. The Labute approximate surface area is 181 Å². The van der Waals surface area contributed by atoms with Crippen LogP contribution in [0.25, 0.3) is 11.1 Å². The number of amides is 1. The molecule has 0 aromatic heterocycles. The van der Waals surface area contributed by atoms with Gasteiger partial charge in [0.25, 0.3) is 0 Å². The molecule has 0 saturated carbocycles. The summed E-state index contributed by atoms with van der Waals surface area (Å²) in [6.45, 7) is 5.34. The largest absolute Gasteiger partial charge is 0.448 e. The topological polar surface area (TPSA) is 62.7 Å². The predicted molar refractivity (Wildman–Crippen MR) is 127 cm³/mol. The predicted octanol–water partition coefficient (Wildman–Crippen LogP) is 5.95. The van der Waals surface area contributed by atoms with Gasteiger partial charge in [0.1, 0.15) is 6.61 Å². The van der Waals surface area contributed by atoms with Crippen LogP contribution in [0.3, 0.4) is 0 Å². The standard InChI is InChI=1S/C19H22N2O2.C5H11N.CH4/c1-2-3-12-20-21-19(22)23-13-18-16-10-6-4-8-14(16)15-9-5-7-11-17(15)18;1-3-4-5-6-2;/h4-11,18,20H,2-3,12-13H2,1H3,(H,21,22);5H,3-4H2,1-2H3;1H4. The molecule has 0 fully saturated rings. The maximum atomic E-state index is 11.8. The SMILES string of the molecule is C.CCCC=NC.CCCCNNC(=O)OCC1c2ccccc2-c2ccccc21. The highest BCUT2D eigenvalue weighted by Gasteiger charge is 2.28. The molecule has 0 bridgehead atoms. The van der Waals surface area contributed by atoms with Crippen molar-refractivity contribution in [3.8, 4) is 11.1 Å². The molecule has 0 heterocycles. The molecule has 5 nitrogen and oxygen atoms in total. The number of fused-ring (bicyclic) bond motifs is 3. The van der Waals surface area contributed by atoms with Crippen LogP contribution >= 0.6 is 0 Å². The number of carbonyl (C=O) groups excluding carboxylic acids is 1. The number of hydrogen-bond donors (Lipinski definition) is 2. The summed E-state index contributed by atoms with van der Waals surface area (Å²) in [7, 11) is 1.80. The third kappa shape index (κ3) is 7.30. The highest BCUT2D eigenvalue weighted by molar-refractivity contribution is 5.79. The van der Waals surface area contributed by atoms with Gasteiger partial charge in [0, 0.05) is 19.5 Å². The van der Waals surface area contributed by atoms with Crippen molar-refractivity contribution in [2.45, 2.75) is 52.9 Å². The van der Waals surface area contributed by atoms with Crippen molar-refractivity contribution in [3.05, 3.63) is 59.7 Å². The first kappa shape index (κ1) is 25.4. The van der Waals surface area contributed by atoms with E-state index in [-0.39, 0.29) is 13.3 Å². The van der Waals surface area contributed by atoms with Gasteiger partial charge >= 0.3 is 6.09 Å². The Morgan fingerprint density at radius 3 is 2.13 bits per heavy atom. The Morgan fingerprint density at radius 1 is 1.03 bits per heavy atom. The van der Waals surface area contributed by atoms with Crippen molar-refractivity contribution in [1.29, 1.82) is 0 Å². The molecule has 30 heavy (non-hydrogen) atoms. The van der Waals surface area contributed by atoms with E-state index in [4.69, 9.17) is 4.74 Å². The van der Waals surface area contributed by atoms with Gasteiger partial charge in [0.2, 0.25) is 0 Å². The van der Waals surface area contributed by atoms with Gasteiger partial charge in [-0.15, -0.1) is 0 Å². The second kappa shape index (κ2) is 14.3. The third-order valence-corrected chi connectivity index (χ3v) is 4.79. The van der Waals surface area contributed by atoms with Crippen LogP contribution in [0.1, 0.15) is 64.0 Å². The number of ether oxygens (including phenoxy) is 1. The van der Waals surface area contributed by atoms with Gasteiger partial charge in [0.15, 0.2) is 0 Å². The monoisotopic (exact) mass is 411 g/mol. The molecular weight excluding hydrogens is 374 g/mol. The Balaban J connectivity index is 0.000000567. The van der Waals surface area contributed by atoms with Crippen LogP contribution in [0.4, 0.5) is 4.79 Å². The van der Waals surface area contributed by atoms with Gasteiger partial charge < -0.3 is 9.73 Å². The van der Waals surface area contributed by atoms with E-state index in [0.717, 1.165) is 25.8 Å². The molecule has 3 rings (SSSR count). The fourth-order valence-electron chi connectivity index (χ4n) is 3.29. The molecule has 0 atom stereocenters. The van der Waals surface area contributed by atoms with E-state index in [0.29, 0.717) is 6.61 Å². The van der Waals surface area contributed by atoms with Crippen LogP contribution in [-0.2, 0) is 4.74 Å². The third-order valence-electron chi connectivity index (χ3n) is 4.79. The summed E-state index contributed by atoms with van der Waals surface area (Å²) >= 11 is 0. The number of hydrazine groups is 1. The first-order valence-electron chi connectivity index (χ1n) is 10.5.